The number of hydrogen-bond acceptors (Lipinski definition) is 10. The molecule has 0 heterocycles. The van der Waals surface area contributed by atoms with Crippen LogP contribution in [0.2, 0.25) is 0 Å². The second-order valence-corrected chi connectivity index (χ2v) is 11.4. The molecule has 16 nitrogen and oxygen atoms in total. The second-order valence-electron chi connectivity index (χ2n) is 11.4. The van der Waals surface area contributed by atoms with E-state index in [-0.39, 0.29) is 36.9 Å². The fourth-order valence-electron chi connectivity index (χ4n) is 3.84. The van der Waals surface area contributed by atoms with Gasteiger partial charge in [0.15, 0.2) is 0 Å². The molecule has 0 radical (unpaired) electrons. The van der Waals surface area contributed by atoms with Gasteiger partial charge in [0, 0.05) is 24.4 Å². The highest BCUT2D eigenvalue weighted by molar-refractivity contribution is 5.98. The molecule has 0 aliphatic carbocycles. The van der Waals surface area contributed by atoms with Crippen LogP contribution >= 0.6 is 0 Å². The maximum Gasteiger partial charge on any atom is 0.514 e. The Morgan fingerprint density at radius 2 is 1.57 bits per heavy atom. The highest BCUT2D eigenvalue weighted by Gasteiger charge is 2.30. The van der Waals surface area contributed by atoms with E-state index in [1.54, 1.807) is 58.9 Å². The van der Waals surface area contributed by atoms with Crippen molar-refractivity contribution in [2.24, 2.45) is 11.7 Å². The van der Waals surface area contributed by atoms with Gasteiger partial charge in [-0.2, -0.15) is 0 Å². The van der Waals surface area contributed by atoms with E-state index in [0.29, 0.717) is 17.7 Å². The molecule has 1 unspecified atom stereocenters. The van der Waals surface area contributed by atoms with E-state index < -0.39 is 52.7 Å². The third-order valence-electron chi connectivity index (χ3n) is 6.05. The van der Waals surface area contributed by atoms with Gasteiger partial charge in [0.2, 0.25) is 11.8 Å². The highest BCUT2D eigenvalue weighted by Crippen LogP contribution is 2.18. The number of carbonyl (C=O) groups is 5. The van der Waals surface area contributed by atoms with Crippen LogP contribution in [0, 0.1) is 16.0 Å². The van der Waals surface area contributed by atoms with E-state index in [4.69, 9.17) is 19.9 Å². The summed E-state index contributed by atoms with van der Waals surface area (Å²) >= 11 is 0. The lowest BCUT2D eigenvalue weighted by Crippen LogP contribution is -2.55. The van der Waals surface area contributed by atoms with Crippen molar-refractivity contribution >= 4 is 41.5 Å². The van der Waals surface area contributed by atoms with Crippen LogP contribution in [0.15, 0.2) is 48.5 Å². The standard InChI is InChI=1S/C30H40N6O10/c1-18(2)24(35-28(40)46-30(3,4)5)26(38)34-23(7-6-16-32-27(31)39)25(37)33-20-10-8-19(9-11-20)17-44-29(41)45-22-14-12-21(13-15-22)36(42)43/h8-15,18,23-24H,6-7,16-17H2,1-5H3,(H,33,37)(H,34,38)(H,35,40)(H3,31,32,39)/t23?,24-/m0/s1. The third-order valence-corrected chi connectivity index (χ3v) is 6.05. The van der Waals surface area contributed by atoms with Gasteiger partial charge in [-0.1, -0.05) is 26.0 Å². The number of anilines is 1. The van der Waals surface area contributed by atoms with E-state index >= 15 is 0 Å². The smallest absolute Gasteiger partial charge is 0.444 e. The number of non-ortho nitro benzene ring substituents is 1. The van der Waals surface area contributed by atoms with Gasteiger partial charge in [0.1, 0.15) is 30.0 Å². The van der Waals surface area contributed by atoms with Crippen LogP contribution in [0.1, 0.15) is 53.0 Å². The molecule has 0 aliphatic heterocycles. The molecule has 0 bridgehead atoms. The van der Waals surface area contributed by atoms with Crippen molar-refractivity contribution in [1.82, 2.24) is 16.0 Å². The summed E-state index contributed by atoms with van der Waals surface area (Å²) in [5.74, 6) is -1.42. The number of alkyl carbamates (subject to hydrolysis) is 1. The minimum atomic E-state index is -1.04. The summed E-state index contributed by atoms with van der Waals surface area (Å²) in [6, 6.07) is 8.46. The van der Waals surface area contributed by atoms with Crippen molar-refractivity contribution in [2.75, 3.05) is 11.9 Å². The Balaban J connectivity index is 2.01. The van der Waals surface area contributed by atoms with Gasteiger partial charge in [-0.3, -0.25) is 19.7 Å². The Hall–Kier alpha value is -5.41. The Morgan fingerprint density at radius 1 is 0.935 bits per heavy atom. The van der Waals surface area contributed by atoms with Gasteiger partial charge in [-0.25, -0.2) is 14.4 Å². The van der Waals surface area contributed by atoms with Crippen LogP contribution in [-0.2, 0) is 25.7 Å². The fourth-order valence-corrected chi connectivity index (χ4v) is 3.84. The topological polar surface area (TPSA) is 230 Å². The number of rotatable bonds is 14. The average Bonchev–Trinajstić information content (AvgIpc) is 2.96. The molecule has 0 fully saturated rings. The second kappa shape index (κ2) is 17.2. The first-order chi connectivity index (χ1) is 21.5. The summed E-state index contributed by atoms with van der Waals surface area (Å²) < 4.78 is 15.3. The first-order valence-electron chi connectivity index (χ1n) is 14.4. The summed E-state index contributed by atoms with van der Waals surface area (Å²) in [5.41, 5.74) is 5.11. The monoisotopic (exact) mass is 644 g/mol. The molecule has 46 heavy (non-hydrogen) atoms. The summed E-state index contributed by atoms with van der Waals surface area (Å²) in [4.78, 5) is 72.0. The molecular weight excluding hydrogens is 604 g/mol. The Kier molecular flexibility index (Phi) is 13.7. The molecule has 2 aromatic rings. The number of nitro benzene ring substituents is 1. The zero-order chi connectivity index (χ0) is 34.4. The van der Waals surface area contributed by atoms with Gasteiger partial charge in [-0.05, 0) is 69.4 Å². The molecule has 0 spiro atoms. The zero-order valence-corrected chi connectivity index (χ0v) is 26.3. The number of nitrogens with two attached hydrogens (primary N) is 1. The summed E-state index contributed by atoms with van der Waals surface area (Å²) in [7, 11) is 0. The maximum absolute atomic E-state index is 13.2. The van der Waals surface area contributed by atoms with E-state index in [9.17, 15) is 34.1 Å². The first-order valence-corrected chi connectivity index (χ1v) is 14.4. The largest absolute Gasteiger partial charge is 0.514 e. The van der Waals surface area contributed by atoms with Crippen molar-refractivity contribution in [1.29, 1.82) is 0 Å². The number of urea groups is 1. The molecule has 0 saturated carbocycles. The molecule has 16 heteroatoms. The van der Waals surface area contributed by atoms with Gasteiger partial charge < -0.3 is 41.2 Å². The fraction of sp³-hybridized carbons (Fsp3) is 0.433. The third kappa shape index (κ3) is 13.5. The number of amides is 5. The van der Waals surface area contributed by atoms with Gasteiger partial charge in [0.05, 0.1) is 4.92 Å². The van der Waals surface area contributed by atoms with E-state index in [1.807, 2.05) is 0 Å². The number of nitrogens with zero attached hydrogens (tertiary/aromatic N) is 1. The van der Waals surface area contributed by atoms with Crippen molar-refractivity contribution < 1.29 is 43.1 Å². The highest BCUT2D eigenvalue weighted by atomic mass is 16.7. The molecule has 0 aliphatic rings. The van der Waals surface area contributed by atoms with Crippen molar-refractivity contribution in [3.63, 3.8) is 0 Å². The van der Waals surface area contributed by atoms with Crippen LogP contribution in [-0.4, -0.2) is 59.2 Å². The van der Waals surface area contributed by atoms with Crippen LogP contribution < -0.4 is 31.7 Å². The van der Waals surface area contributed by atoms with Crippen LogP contribution in [0.25, 0.3) is 0 Å². The minimum Gasteiger partial charge on any atom is -0.444 e. The first kappa shape index (κ1) is 36.8. The molecular formula is C30H40N6O10. The average molecular weight is 645 g/mol. The Morgan fingerprint density at radius 3 is 2.11 bits per heavy atom. The van der Waals surface area contributed by atoms with Crippen molar-refractivity contribution in [2.45, 2.75) is 71.8 Å². The summed E-state index contributed by atoms with van der Waals surface area (Å²) in [6.45, 7) is 8.54. The Bertz CT molecular complexity index is 1370. The molecule has 2 rings (SSSR count). The minimum absolute atomic E-state index is 0.0704. The maximum atomic E-state index is 13.2. The van der Waals surface area contributed by atoms with Crippen LogP contribution in [0.3, 0.4) is 0 Å². The van der Waals surface area contributed by atoms with Gasteiger partial charge >= 0.3 is 18.3 Å². The number of carbonyl (C=O) groups excluding carboxylic acids is 5. The number of hydrogen-bond donors (Lipinski definition) is 5. The number of primary amides is 1. The predicted molar refractivity (Wildman–Crippen MR) is 166 cm³/mol. The van der Waals surface area contributed by atoms with E-state index in [0.717, 1.165) is 0 Å². The SMILES string of the molecule is CC(C)[C@H](NC(=O)OC(C)(C)C)C(=O)NC(CCCNC(N)=O)C(=O)Nc1ccc(COC(=O)Oc2ccc([N+](=O)[O-])cc2)cc1. The predicted octanol–water partition coefficient (Wildman–Crippen LogP) is 3.73. The summed E-state index contributed by atoms with van der Waals surface area (Å²) in [6.07, 6.45) is -1.36. The lowest BCUT2D eigenvalue weighted by molar-refractivity contribution is -0.384. The van der Waals surface area contributed by atoms with Crippen molar-refractivity contribution in [3.8, 4) is 5.75 Å². The lowest BCUT2D eigenvalue weighted by atomic mass is 10.0. The molecule has 2 atom stereocenters. The van der Waals surface area contributed by atoms with Crippen molar-refractivity contribution in [3.05, 3.63) is 64.2 Å². The van der Waals surface area contributed by atoms with Crippen LogP contribution in [0.5, 0.6) is 5.75 Å². The molecule has 0 aromatic heterocycles. The zero-order valence-electron chi connectivity index (χ0n) is 26.3. The molecule has 5 amide bonds. The quantitative estimate of drug-likeness (QED) is 0.0657. The molecule has 250 valence electrons. The number of nitrogens with one attached hydrogen (secondary N) is 4. The van der Waals surface area contributed by atoms with E-state index in [2.05, 4.69) is 21.3 Å². The molecule has 0 saturated heterocycles. The molecule has 6 N–H and O–H groups in total. The van der Waals surface area contributed by atoms with Crippen LogP contribution in [0.4, 0.5) is 25.8 Å². The lowest BCUT2D eigenvalue weighted by Gasteiger charge is -2.27. The number of nitro groups is 1. The number of ether oxygens (including phenoxy) is 3. The molecule has 2 aromatic carbocycles. The normalized spacial score (nSPS) is 12.2. The Labute approximate surface area is 265 Å². The van der Waals surface area contributed by atoms with Gasteiger partial charge in [0.25, 0.3) is 5.69 Å². The summed E-state index contributed by atoms with van der Waals surface area (Å²) in [5, 5.41) is 21.1. The van der Waals surface area contributed by atoms with E-state index in [1.165, 1.54) is 24.3 Å². The van der Waals surface area contributed by atoms with Gasteiger partial charge in [-0.15, -0.1) is 0 Å². The number of benzene rings is 2.